The number of hydrogen-bond acceptors (Lipinski definition) is 1. The van der Waals surface area contributed by atoms with Crippen molar-refractivity contribution in [3.8, 4) is 0 Å². The van der Waals surface area contributed by atoms with E-state index in [1.54, 1.807) is 13.0 Å². The van der Waals surface area contributed by atoms with Crippen LogP contribution in [0.25, 0.3) is 0 Å². The highest BCUT2D eigenvalue weighted by Gasteiger charge is 2.07. The number of halogens is 2. The van der Waals surface area contributed by atoms with Crippen LogP contribution in [0.4, 0.5) is 4.39 Å². The molecule has 2 nitrogen and oxygen atoms in total. The number of aryl methyl sites for hydroxylation is 1. The van der Waals surface area contributed by atoms with Crippen LogP contribution in [-0.2, 0) is 0 Å². The van der Waals surface area contributed by atoms with Crippen LogP contribution in [0.1, 0.15) is 22.8 Å². The van der Waals surface area contributed by atoms with Gasteiger partial charge in [-0.2, -0.15) is 0 Å². The molecule has 0 aliphatic carbocycles. The maximum absolute atomic E-state index is 12.9. The van der Waals surface area contributed by atoms with E-state index < -0.39 is 0 Å². The van der Waals surface area contributed by atoms with E-state index in [2.05, 4.69) is 21.2 Å². The SMILES string of the molecule is Cc1cc(C(=O)NCC(C)Br)ccc1F. The molecule has 15 heavy (non-hydrogen) atoms. The van der Waals surface area contributed by atoms with Gasteiger partial charge in [-0.05, 0) is 30.7 Å². The van der Waals surface area contributed by atoms with Crippen LogP contribution >= 0.6 is 15.9 Å². The lowest BCUT2D eigenvalue weighted by atomic mass is 10.1. The second kappa shape index (κ2) is 5.26. The van der Waals surface area contributed by atoms with Crippen LogP contribution < -0.4 is 5.32 Å². The largest absolute Gasteiger partial charge is 0.351 e. The topological polar surface area (TPSA) is 29.1 Å². The molecule has 0 aliphatic rings. The molecule has 0 spiro atoms. The fourth-order valence-corrected chi connectivity index (χ4v) is 1.28. The van der Waals surface area contributed by atoms with Crippen molar-refractivity contribution in [3.05, 3.63) is 35.1 Å². The third-order valence-corrected chi connectivity index (χ3v) is 2.29. The van der Waals surface area contributed by atoms with E-state index in [1.165, 1.54) is 12.1 Å². The maximum Gasteiger partial charge on any atom is 0.251 e. The van der Waals surface area contributed by atoms with Crippen molar-refractivity contribution in [2.75, 3.05) is 6.54 Å². The summed E-state index contributed by atoms with van der Waals surface area (Å²) in [4.78, 5) is 11.8. The monoisotopic (exact) mass is 273 g/mol. The molecule has 1 atom stereocenters. The fraction of sp³-hybridized carbons (Fsp3) is 0.364. The quantitative estimate of drug-likeness (QED) is 0.843. The second-order valence-corrected chi connectivity index (χ2v) is 5.02. The van der Waals surface area contributed by atoms with Crippen LogP contribution in [0.2, 0.25) is 0 Å². The minimum Gasteiger partial charge on any atom is -0.351 e. The van der Waals surface area contributed by atoms with Gasteiger partial charge >= 0.3 is 0 Å². The van der Waals surface area contributed by atoms with Gasteiger partial charge in [-0.25, -0.2) is 4.39 Å². The molecule has 0 fully saturated rings. The van der Waals surface area contributed by atoms with Crippen molar-refractivity contribution in [1.82, 2.24) is 5.32 Å². The van der Waals surface area contributed by atoms with Gasteiger partial charge in [0, 0.05) is 16.9 Å². The molecular formula is C11H13BrFNO. The predicted molar refractivity (Wildman–Crippen MR) is 61.9 cm³/mol. The minimum atomic E-state index is -0.291. The summed E-state index contributed by atoms with van der Waals surface area (Å²) in [6, 6.07) is 4.34. The average molecular weight is 274 g/mol. The van der Waals surface area contributed by atoms with Gasteiger partial charge in [-0.3, -0.25) is 4.79 Å². The molecule has 0 saturated heterocycles. The molecule has 1 aromatic rings. The summed E-state index contributed by atoms with van der Waals surface area (Å²) < 4.78 is 12.9. The van der Waals surface area contributed by atoms with E-state index >= 15 is 0 Å². The van der Waals surface area contributed by atoms with E-state index in [0.717, 1.165) is 0 Å². The third kappa shape index (κ3) is 3.63. The van der Waals surface area contributed by atoms with Gasteiger partial charge in [0.2, 0.25) is 0 Å². The van der Waals surface area contributed by atoms with Crippen LogP contribution in [0.15, 0.2) is 18.2 Å². The predicted octanol–water partition coefficient (Wildman–Crippen LogP) is 2.65. The normalized spacial score (nSPS) is 12.3. The van der Waals surface area contributed by atoms with E-state index in [9.17, 15) is 9.18 Å². The van der Waals surface area contributed by atoms with Crippen molar-refractivity contribution < 1.29 is 9.18 Å². The van der Waals surface area contributed by atoms with Crippen molar-refractivity contribution in [2.24, 2.45) is 0 Å². The highest BCUT2D eigenvalue weighted by atomic mass is 79.9. The second-order valence-electron chi connectivity index (χ2n) is 3.45. The number of alkyl halides is 1. The summed E-state index contributed by atoms with van der Waals surface area (Å²) in [5, 5.41) is 2.74. The molecule has 0 aliphatic heterocycles. The van der Waals surface area contributed by atoms with Crippen LogP contribution in [0.5, 0.6) is 0 Å². The summed E-state index contributed by atoms with van der Waals surface area (Å²) in [7, 11) is 0. The molecule has 1 N–H and O–H groups in total. The van der Waals surface area contributed by atoms with Gasteiger partial charge in [0.15, 0.2) is 0 Å². The van der Waals surface area contributed by atoms with Crippen molar-refractivity contribution in [3.63, 3.8) is 0 Å². The molecule has 0 bridgehead atoms. The molecule has 0 aromatic heterocycles. The lowest BCUT2D eigenvalue weighted by molar-refractivity contribution is 0.0954. The molecule has 4 heteroatoms. The fourth-order valence-electron chi connectivity index (χ4n) is 1.12. The zero-order valence-corrected chi connectivity index (χ0v) is 10.3. The van der Waals surface area contributed by atoms with Gasteiger partial charge < -0.3 is 5.32 Å². The van der Waals surface area contributed by atoms with Crippen molar-refractivity contribution >= 4 is 21.8 Å². The van der Waals surface area contributed by atoms with Crippen LogP contribution in [0, 0.1) is 12.7 Å². The average Bonchev–Trinajstić information content (AvgIpc) is 2.18. The number of carbonyl (C=O) groups excluding carboxylic acids is 1. The molecule has 0 heterocycles. The van der Waals surface area contributed by atoms with E-state index in [-0.39, 0.29) is 16.6 Å². The number of benzene rings is 1. The number of nitrogens with one attached hydrogen (secondary N) is 1. The zero-order chi connectivity index (χ0) is 11.4. The molecule has 1 aromatic carbocycles. The Labute approximate surface area is 97.0 Å². The van der Waals surface area contributed by atoms with E-state index in [0.29, 0.717) is 17.7 Å². The maximum atomic E-state index is 12.9. The number of rotatable bonds is 3. The Morgan fingerprint density at radius 3 is 2.80 bits per heavy atom. The lowest BCUT2D eigenvalue weighted by Crippen LogP contribution is -2.28. The van der Waals surface area contributed by atoms with Gasteiger partial charge in [0.25, 0.3) is 5.91 Å². The Kier molecular flexibility index (Phi) is 4.27. The van der Waals surface area contributed by atoms with Gasteiger partial charge in [-0.1, -0.05) is 22.9 Å². The summed E-state index contributed by atoms with van der Waals surface area (Å²) in [6.45, 7) is 4.13. The van der Waals surface area contributed by atoms with Gasteiger partial charge in [0.05, 0.1) is 0 Å². The molecule has 0 saturated carbocycles. The first-order valence-electron chi connectivity index (χ1n) is 4.69. The summed E-state index contributed by atoms with van der Waals surface area (Å²) in [5.41, 5.74) is 0.969. The number of carbonyl (C=O) groups is 1. The summed E-state index contributed by atoms with van der Waals surface area (Å²) in [5.74, 6) is -0.468. The molecule has 1 amide bonds. The van der Waals surface area contributed by atoms with Crippen LogP contribution in [-0.4, -0.2) is 17.3 Å². The molecule has 0 radical (unpaired) electrons. The van der Waals surface area contributed by atoms with Crippen molar-refractivity contribution in [2.45, 2.75) is 18.7 Å². The Balaban J connectivity index is 2.70. The number of hydrogen-bond donors (Lipinski definition) is 1. The first-order valence-corrected chi connectivity index (χ1v) is 5.60. The molecular weight excluding hydrogens is 261 g/mol. The zero-order valence-electron chi connectivity index (χ0n) is 8.68. The number of amides is 1. The molecule has 1 unspecified atom stereocenters. The van der Waals surface area contributed by atoms with E-state index in [4.69, 9.17) is 0 Å². The molecule has 82 valence electrons. The Bertz CT molecular complexity index is 366. The summed E-state index contributed by atoms with van der Waals surface area (Å²) >= 11 is 3.33. The highest BCUT2D eigenvalue weighted by molar-refractivity contribution is 9.09. The van der Waals surface area contributed by atoms with Gasteiger partial charge in [-0.15, -0.1) is 0 Å². The first kappa shape index (κ1) is 12.2. The molecule has 1 rings (SSSR count). The van der Waals surface area contributed by atoms with Crippen molar-refractivity contribution in [1.29, 1.82) is 0 Å². The smallest absolute Gasteiger partial charge is 0.251 e. The highest BCUT2D eigenvalue weighted by Crippen LogP contribution is 2.09. The summed E-state index contributed by atoms with van der Waals surface area (Å²) in [6.07, 6.45) is 0. The lowest BCUT2D eigenvalue weighted by Gasteiger charge is -2.07. The van der Waals surface area contributed by atoms with Gasteiger partial charge in [0.1, 0.15) is 5.82 Å². The Morgan fingerprint density at radius 2 is 2.27 bits per heavy atom. The minimum absolute atomic E-state index is 0.176. The Morgan fingerprint density at radius 1 is 1.60 bits per heavy atom. The van der Waals surface area contributed by atoms with Crippen LogP contribution in [0.3, 0.4) is 0 Å². The third-order valence-electron chi connectivity index (χ3n) is 1.96. The standard InChI is InChI=1S/C11H13BrFNO/c1-7-5-9(3-4-10(7)13)11(15)14-6-8(2)12/h3-5,8H,6H2,1-2H3,(H,14,15). The Hall–Kier alpha value is -0.900. The van der Waals surface area contributed by atoms with E-state index in [1.807, 2.05) is 6.92 Å². The first-order chi connectivity index (χ1) is 7.00.